The van der Waals surface area contributed by atoms with Crippen molar-refractivity contribution < 1.29 is 14.1 Å². The zero-order valence-electron chi connectivity index (χ0n) is 15.7. The molecule has 3 heterocycles. The molecule has 150 valence electrons. The van der Waals surface area contributed by atoms with Crippen LogP contribution in [0.2, 0.25) is 0 Å². The molecule has 0 saturated carbocycles. The molecule has 0 radical (unpaired) electrons. The van der Waals surface area contributed by atoms with Crippen molar-refractivity contribution in [1.29, 1.82) is 0 Å². The Balaban J connectivity index is 1.54. The maximum absolute atomic E-state index is 13.2. The molecular weight excluding hydrogens is 389 g/mol. The molecule has 0 saturated heterocycles. The van der Waals surface area contributed by atoms with Crippen molar-refractivity contribution in [3.05, 3.63) is 88.4 Å². The van der Waals surface area contributed by atoms with Gasteiger partial charge in [0.25, 0.3) is 5.69 Å². The van der Waals surface area contributed by atoms with Crippen LogP contribution in [0.1, 0.15) is 11.5 Å². The van der Waals surface area contributed by atoms with Crippen LogP contribution in [0.3, 0.4) is 0 Å². The quantitative estimate of drug-likeness (QED) is 0.478. The van der Waals surface area contributed by atoms with E-state index in [0.29, 0.717) is 30.2 Å². The molecule has 1 aliphatic heterocycles. The summed E-state index contributed by atoms with van der Waals surface area (Å²) < 4.78 is 13.2. The third kappa shape index (κ3) is 4.04. The van der Waals surface area contributed by atoms with E-state index in [1.54, 1.807) is 23.4 Å². The predicted octanol–water partition coefficient (Wildman–Crippen LogP) is 3.05. The molecule has 1 aliphatic rings. The Labute approximate surface area is 170 Å². The number of aromatic nitrogens is 3. The Morgan fingerprint density at radius 2 is 1.87 bits per heavy atom. The molecule has 4 rings (SSSR count). The van der Waals surface area contributed by atoms with Crippen molar-refractivity contribution in [3.8, 4) is 11.3 Å². The number of halogens is 1. The van der Waals surface area contributed by atoms with Gasteiger partial charge in [-0.25, -0.2) is 19.3 Å². The average Bonchev–Trinajstić information content (AvgIpc) is 3.25. The summed E-state index contributed by atoms with van der Waals surface area (Å²) in [5.41, 5.74) is 1.70. The van der Waals surface area contributed by atoms with Crippen LogP contribution in [0.25, 0.3) is 16.8 Å². The molecule has 0 spiro atoms. The Bertz CT molecular complexity index is 1130. The molecule has 0 unspecified atom stereocenters. The van der Waals surface area contributed by atoms with Gasteiger partial charge in [0.15, 0.2) is 5.82 Å². The van der Waals surface area contributed by atoms with Gasteiger partial charge in [0, 0.05) is 42.7 Å². The van der Waals surface area contributed by atoms with E-state index in [0.717, 1.165) is 5.57 Å². The number of carbonyl (C=O) groups is 1. The van der Waals surface area contributed by atoms with Gasteiger partial charge in [0.05, 0.1) is 17.0 Å². The number of hydrogen-bond donors (Lipinski definition) is 0. The van der Waals surface area contributed by atoms with Gasteiger partial charge in [-0.15, -0.1) is 0 Å². The van der Waals surface area contributed by atoms with E-state index in [1.807, 2.05) is 6.08 Å². The molecule has 30 heavy (non-hydrogen) atoms. The van der Waals surface area contributed by atoms with Crippen molar-refractivity contribution in [2.75, 3.05) is 13.1 Å². The highest BCUT2D eigenvalue weighted by Gasteiger charge is 2.25. The van der Waals surface area contributed by atoms with Gasteiger partial charge in [-0.1, -0.05) is 6.08 Å². The van der Waals surface area contributed by atoms with E-state index in [2.05, 4.69) is 15.0 Å². The summed E-state index contributed by atoms with van der Waals surface area (Å²) in [7, 11) is 0. The highest BCUT2D eigenvalue weighted by Crippen LogP contribution is 2.25. The number of pyridine rings is 1. The average molecular weight is 405 g/mol. The molecule has 0 N–H and O–H groups in total. The lowest BCUT2D eigenvalue weighted by Gasteiger charge is -2.16. The summed E-state index contributed by atoms with van der Waals surface area (Å²) in [6, 6.07) is 10.2. The van der Waals surface area contributed by atoms with Crippen molar-refractivity contribution in [2.45, 2.75) is 6.42 Å². The van der Waals surface area contributed by atoms with E-state index >= 15 is 0 Å². The lowest BCUT2D eigenvalue weighted by molar-refractivity contribution is -0.385. The van der Waals surface area contributed by atoms with Crippen LogP contribution in [-0.4, -0.2) is 43.8 Å². The monoisotopic (exact) mass is 405 g/mol. The first-order chi connectivity index (χ1) is 14.5. The van der Waals surface area contributed by atoms with Gasteiger partial charge in [-0.3, -0.25) is 14.9 Å². The van der Waals surface area contributed by atoms with Gasteiger partial charge in [-0.2, -0.15) is 0 Å². The number of benzene rings is 1. The summed E-state index contributed by atoms with van der Waals surface area (Å²) in [5.74, 6) is -0.130. The van der Waals surface area contributed by atoms with Gasteiger partial charge in [0.1, 0.15) is 11.5 Å². The number of nitro groups is 1. The fraction of sp³-hybridized carbons (Fsp3) is 0.143. The molecule has 9 heteroatoms. The van der Waals surface area contributed by atoms with Crippen LogP contribution in [0, 0.1) is 15.9 Å². The van der Waals surface area contributed by atoms with Crippen molar-refractivity contribution in [2.24, 2.45) is 0 Å². The Morgan fingerprint density at radius 3 is 2.57 bits per heavy atom. The van der Waals surface area contributed by atoms with Crippen molar-refractivity contribution in [1.82, 2.24) is 19.9 Å². The predicted molar refractivity (Wildman–Crippen MR) is 107 cm³/mol. The van der Waals surface area contributed by atoms with Crippen molar-refractivity contribution >= 4 is 17.2 Å². The molecule has 1 aromatic carbocycles. The van der Waals surface area contributed by atoms with E-state index in [9.17, 15) is 19.3 Å². The fourth-order valence-electron chi connectivity index (χ4n) is 3.20. The van der Waals surface area contributed by atoms with Crippen LogP contribution in [-0.2, 0) is 11.2 Å². The first kappa shape index (κ1) is 19.3. The highest BCUT2D eigenvalue weighted by atomic mass is 19.1. The maximum Gasteiger partial charge on any atom is 0.291 e. The summed E-state index contributed by atoms with van der Waals surface area (Å²) in [4.78, 5) is 37.9. The van der Waals surface area contributed by atoms with Crippen LogP contribution in [0.4, 0.5) is 10.1 Å². The van der Waals surface area contributed by atoms with E-state index in [-0.39, 0.29) is 23.7 Å². The van der Waals surface area contributed by atoms with E-state index < -0.39 is 10.7 Å². The second-order valence-corrected chi connectivity index (χ2v) is 6.68. The van der Waals surface area contributed by atoms with Gasteiger partial charge >= 0.3 is 0 Å². The minimum atomic E-state index is -0.560. The number of carbonyl (C=O) groups excluding carboxylic acids is 1. The number of hydrogen-bond acceptors (Lipinski definition) is 6. The molecule has 0 aliphatic carbocycles. The second kappa shape index (κ2) is 8.16. The first-order valence-corrected chi connectivity index (χ1v) is 9.16. The molecule has 0 fully saturated rings. The largest absolute Gasteiger partial charge is 0.334 e. The van der Waals surface area contributed by atoms with Gasteiger partial charge in [-0.05, 0) is 36.4 Å². The maximum atomic E-state index is 13.2. The summed E-state index contributed by atoms with van der Waals surface area (Å²) in [6.07, 6.45) is 4.90. The van der Waals surface area contributed by atoms with Crippen molar-refractivity contribution in [3.63, 3.8) is 0 Å². The Morgan fingerprint density at radius 1 is 1.13 bits per heavy atom. The zero-order valence-corrected chi connectivity index (χ0v) is 15.7. The van der Waals surface area contributed by atoms with Gasteiger partial charge < -0.3 is 4.90 Å². The van der Waals surface area contributed by atoms with E-state index in [1.165, 1.54) is 36.4 Å². The van der Waals surface area contributed by atoms with Gasteiger partial charge in [0.2, 0.25) is 5.91 Å². The lowest BCUT2D eigenvalue weighted by atomic mass is 10.1. The molecule has 8 nitrogen and oxygen atoms in total. The molecule has 0 bridgehead atoms. The standard InChI is InChI=1S/C21H16FN5O3/c22-16-4-2-14(3-5-16)17-6-7-19(27(29)30)18(25-17)12-20(28)26-11-8-15(13-26)21-23-9-1-10-24-21/h1-10H,11-13H2. The lowest BCUT2D eigenvalue weighted by Crippen LogP contribution is -2.30. The van der Waals surface area contributed by atoms with Crippen LogP contribution in [0.15, 0.2) is 60.9 Å². The number of amides is 1. The summed E-state index contributed by atoms with van der Waals surface area (Å²) >= 11 is 0. The summed E-state index contributed by atoms with van der Waals surface area (Å²) in [5, 5.41) is 11.4. The smallest absolute Gasteiger partial charge is 0.291 e. The second-order valence-electron chi connectivity index (χ2n) is 6.68. The highest BCUT2D eigenvalue weighted by molar-refractivity contribution is 5.83. The first-order valence-electron chi connectivity index (χ1n) is 9.16. The number of rotatable bonds is 5. The minimum absolute atomic E-state index is 0.0660. The molecule has 1 amide bonds. The third-order valence-electron chi connectivity index (χ3n) is 4.73. The summed E-state index contributed by atoms with van der Waals surface area (Å²) in [6.45, 7) is 0.701. The normalized spacial score (nSPS) is 13.2. The van der Waals surface area contributed by atoms with Crippen LogP contribution in [0.5, 0.6) is 0 Å². The van der Waals surface area contributed by atoms with Crippen LogP contribution >= 0.6 is 0 Å². The fourth-order valence-corrected chi connectivity index (χ4v) is 3.20. The Kier molecular flexibility index (Phi) is 5.25. The molecule has 3 aromatic rings. The number of nitrogens with zero attached hydrogens (tertiary/aromatic N) is 5. The third-order valence-corrected chi connectivity index (χ3v) is 4.73. The molecular formula is C21H16FN5O3. The molecule has 2 aromatic heterocycles. The molecule has 0 atom stereocenters. The van der Waals surface area contributed by atoms with Crippen LogP contribution < -0.4 is 0 Å². The SMILES string of the molecule is O=C(Cc1nc(-c2ccc(F)cc2)ccc1[N+](=O)[O-])N1CC=C(c2ncccn2)C1. The topological polar surface area (TPSA) is 102 Å². The zero-order chi connectivity index (χ0) is 21.1. The van der Waals surface area contributed by atoms with E-state index in [4.69, 9.17) is 0 Å². The Hall–Kier alpha value is -4.01. The minimum Gasteiger partial charge on any atom is -0.334 e.